The highest BCUT2D eigenvalue weighted by atomic mass is 19.1. The van der Waals surface area contributed by atoms with Gasteiger partial charge in [0.15, 0.2) is 0 Å². The number of phenols is 1. The number of phenolic OH excluding ortho intramolecular Hbond substituents is 1. The lowest BCUT2D eigenvalue weighted by molar-refractivity contribution is -0.0798. The summed E-state index contributed by atoms with van der Waals surface area (Å²) in [6.45, 7) is 13.4. The zero-order valence-corrected chi connectivity index (χ0v) is 19.6. The van der Waals surface area contributed by atoms with E-state index in [2.05, 4.69) is 39.2 Å². The van der Waals surface area contributed by atoms with Gasteiger partial charge in [0.05, 0.1) is 17.7 Å². The van der Waals surface area contributed by atoms with E-state index in [4.69, 9.17) is 4.74 Å². The molecule has 0 saturated heterocycles. The summed E-state index contributed by atoms with van der Waals surface area (Å²) in [6, 6.07) is 10.9. The first-order chi connectivity index (χ1) is 14.6. The Bertz CT molecular complexity index is 1130. The highest BCUT2D eigenvalue weighted by Crippen LogP contribution is 2.51. The third kappa shape index (κ3) is 3.55. The van der Waals surface area contributed by atoms with Crippen molar-refractivity contribution in [2.24, 2.45) is 5.92 Å². The summed E-state index contributed by atoms with van der Waals surface area (Å²) in [5.74, 6) is 0.667. The number of halogens is 1. The maximum atomic E-state index is 14.1. The van der Waals surface area contributed by atoms with Crippen molar-refractivity contribution >= 4 is 10.9 Å². The van der Waals surface area contributed by atoms with Crippen molar-refractivity contribution in [1.29, 1.82) is 0 Å². The number of hydrogen-bond acceptors (Lipinski definition) is 2. The summed E-state index contributed by atoms with van der Waals surface area (Å²) in [7, 11) is 0. The Hall–Kier alpha value is -2.33. The molecule has 1 N–H and O–H groups in total. The fourth-order valence-corrected chi connectivity index (χ4v) is 4.92. The lowest BCUT2D eigenvalue weighted by atomic mass is 9.76. The summed E-state index contributed by atoms with van der Waals surface area (Å²) in [5, 5.41) is 11.8. The van der Waals surface area contributed by atoms with Gasteiger partial charge >= 0.3 is 0 Å². The molecule has 4 rings (SSSR count). The highest BCUT2D eigenvalue weighted by molar-refractivity contribution is 5.94. The molecule has 3 aromatic rings. The van der Waals surface area contributed by atoms with Gasteiger partial charge in [-0.15, -0.1) is 0 Å². The van der Waals surface area contributed by atoms with Gasteiger partial charge in [0.25, 0.3) is 0 Å². The van der Waals surface area contributed by atoms with E-state index in [0.29, 0.717) is 18.1 Å². The molecule has 0 unspecified atom stereocenters. The van der Waals surface area contributed by atoms with Gasteiger partial charge in [-0.25, -0.2) is 4.39 Å². The van der Waals surface area contributed by atoms with E-state index in [9.17, 15) is 9.50 Å². The van der Waals surface area contributed by atoms with Crippen LogP contribution in [0.5, 0.6) is 5.75 Å². The van der Waals surface area contributed by atoms with Crippen molar-refractivity contribution in [1.82, 2.24) is 4.57 Å². The average molecular weight is 424 g/mol. The van der Waals surface area contributed by atoms with E-state index in [1.54, 1.807) is 13.0 Å². The summed E-state index contributed by atoms with van der Waals surface area (Å²) in [4.78, 5) is 0. The minimum Gasteiger partial charge on any atom is -0.507 e. The fourth-order valence-electron chi connectivity index (χ4n) is 4.92. The van der Waals surface area contributed by atoms with Crippen molar-refractivity contribution < 1.29 is 14.2 Å². The van der Waals surface area contributed by atoms with Gasteiger partial charge in [-0.1, -0.05) is 40.2 Å². The van der Waals surface area contributed by atoms with Crippen LogP contribution in [0.4, 0.5) is 4.39 Å². The average Bonchev–Trinajstić information content (AvgIpc) is 3.10. The number of aromatic nitrogens is 1. The molecule has 0 spiro atoms. The van der Waals surface area contributed by atoms with E-state index in [-0.39, 0.29) is 17.0 Å². The Morgan fingerprint density at radius 3 is 2.61 bits per heavy atom. The second-order valence-corrected chi connectivity index (χ2v) is 10.1. The molecule has 0 saturated carbocycles. The van der Waals surface area contributed by atoms with Crippen molar-refractivity contribution in [3.8, 4) is 11.4 Å². The molecule has 0 aliphatic carbocycles. The predicted molar refractivity (Wildman–Crippen MR) is 125 cm³/mol. The second kappa shape index (κ2) is 7.67. The van der Waals surface area contributed by atoms with Crippen LogP contribution >= 0.6 is 0 Å². The van der Waals surface area contributed by atoms with Crippen LogP contribution in [0.1, 0.15) is 70.7 Å². The summed E-state index contributed by atoms with van der Waals surface area (Å²) >= 11 is 0. The molecule has 1 aliphatic rings. The maximum Gasteiger partial charge on any atom is 0.126 e. The predicted octanol–water partition coefficient (Wildman–Crippen LogP) is 7.13. The molecule has 2 atom stereocenters. The van der Waals surface area contributed by atoms with E-state index in [0.717, 1.165) is 47.1 Å². The number of aryl methyl sites for hydroxylation is 1. The minimum absolute atomic E-state index is 0.210. The lowest BCUT2D eigenvalue weighted by Gasteiger charge is -2.43. The summed E-state index contributed by atoms with van der Waals surface area (Å²) in [6.07, 6.45) is 3.08. The van der Waals surface area contributed by atoms with Crippen LogP contribution in [-0.4, -0.2) is 16.3 Å². The molecule has 3 nitrogen and oxygen atoms in total. The van der Waals surface area contributed by atoms with E-state index >= 15 is 0 Å². The number of fused-ring (bicyclic) bond motifs is 3. The first kappa shape index (κ1) is 21.9. The largest absolute Gasteiger partial charge is 0.507 e. The van der Waals surface area contributed by atoms with Crippen LogP contribution in [0, 0.1) is 18.7 Å². The Kier molecular flexibility index (Phi) is 5.41. The second-order valence-electron chi connectivity index (χ2n) is 10.1. The van der Waals surface area contributed by atoms with Crippen LogP contribution in [0.3, 0.4) is 0 Å². The normalized spacial score (nSPS) is 21.3. The molecular weight excluding hydrogens is 389 g/mol. The molecule has 1 aliphatic heterocycles. The SMILES string of the molecule is CC[C@@H](C)CC[C@@]1(C)OCC(C)(C)c2c1c1c(O)cccc1n2-c1ccc(F)c(C)c1. The van der Waals surface area contributed by atoms with Crippen LogP contribution in [0.25, 0.3) is 16.6 Å². The van der Waals surface area contributed by atoms with Crippen LogP contribution in [-0.2, 0) is 15.8 Å². The molecule has 0 bridgehead atoms. The molecule has 0 amide bonds. The standard InChI is InChI=1S/C27H34FNO2/c1-7-17(2)13-14-27(6)24-23-21(9-8-10-22(23)30)29(25(24)26(4,5)16-31-27)19-11-12-20(28)18(3)15-19/h8-12,15,17,30H,7,13-14,16H2,1-6H3/t17-,27-/m1/s1. The fraction of sp³-hybridized carbons (Fsp3) is 0.481. The first-order valence-corrected chi connectivity index (χ1v) is 11.4. The zero-order chi connectivity index (χ0) is 22.6. The molecule has 0 fully saturated rings. The van der Waals surface area contributed by atoms with E-state index in [1.165, 1.54) is 6.07 Å². The van der Waals surface area contributed by atoms with E-state index in [1.807, 2.05) is 24.3 Å². The number of benzene rings is 2. The highest BCUT2D eigenvalue weighted by Gasteiger charge is 2.46. The quantitative estimate of drug-likeness (QED) is 0.473. The number of hydrogen-bond donors (Lipinski definition) is 1. The van der Waals surface area contributed by atoms with Crippen LogP contribution in [0.15, 0.2) is 36.4 Å². The zero-order valence-electron chi connectivity index (χ0n) is 19.6. The minimum atomic E-state index is -0.494. The number of rotatable bonds is 5. The maximum absolute atomic E-state index is 14.1. The molecule has 4 heteroatoms. The number of ether oxygens (including phenoxy) is 1. The molecule has 2 aromatic carbocycles. The Labute approximate surface area is 184 Å². The summed E-state index contributed by atoms with van der Waals surface area (Å²) < 4.78 is 22.9. The molecule has 31 heavy (non-hydrogen) atoms. The van der Waals surface area contributed by atoms with Gasteiger partial charge in [-0.3, -0.25) is 0 Å². The van der Waals surface area contributed by atoms with Crippen molar-refractivity contribution in [3.05, 3.63) is 59.0 Å². The third-order valence-electron chi connectivity index (χ3n) is 7.10. The van der Waals surface area contributed by atoms with Gasteiger partial charge < -0.3 is 14.4 Å². The third-order valence-corrected chi connectivity index (χ3v) is 7.10. The van der Waals surface area contributed by atoms with Crippen molar-refractivity contribution in [2.45, 2.75) is 71.8 Å². The monoisotopic (exact) mass is 423 g/mol. The van der Waals surface area contributed by atoms with Gasteiger partial charge in [-0.2, -0.15) is 0 Å². The Balaban J connectivity index is 2.05. The Morgan fingerprint density at radius 2 is 1.94 bits per heavy atom. The van der Waals surface area contributed by atoms with Crippen LogP contribution < -0.4 is 0 Å². The lowest BCUT2D eigenvalue weighted by Crippen LogP contribution is -2.42. The topological polar surface area (TPSA) is 34.4 Å². The number of nitrogens with zero attached hydrogens (tertiary/aromatic N) is 1. The van der Waals surface area contributed by atoms with Crippen molar-refractivity contribution in [3.63, 3.8) is 0 Å². The smallest absolute Gasteiger partial charge is 0.126 e. The van der Waals surface area contributed by atoms with Crippen molar-refractivity contribution in [2.75, 3.05) is 6.61 Å². The van der Waals surface area contributed by atoms with Gasteiger partial charge in [0, 0.05) is 27.7 Å². The van der Waals surface area contributed by atoms with Gasteiger partial charge in [0.1, 0.15) is 11.6 Å². The molecule has 0 radical (unpaired) electrons. The Morgan fingerprint density at radius 1 is 1.19 bits per heavy atom. The van der Waals surface area contributed by atoms with Gasteiger partial charge in [0.2, 0.25) is 0 Å². The first-order valence-electron chi connectivity index (χ1n) is 11.4. The molecule has 2 heterocycles. The molecule has 1 aromatic heterocycles. The van der Waals surface area contributed by atoms with Gasteiger partial charge in [-0.05, 0) is 68.5 Å². The summed E-state index contributed by atoms with van der Waals surface area (Å²) in [5.41, 5.74) is 3.91. The molecular formula is C27H34FNO2. The van der Waals surface area contributed by atoms with E-state index < -0.39 is 5.60 Å². The molecule has 166 valence electrons. The van der Waals surface area contributed by atoms with Crippen LogP contribution in [0.2, 0.25) is 0 Å². The number of aromatic hydroxyl groups is 1.